The summed E-state index contributed by atoms with van der Waals surface area (Å²) in [6, 6.07) is 13.4. The Morgan fingerprint density at radius 2 is 2.00 bits per heavy atom. The van der Waals surface area contributed by atoms with E-state index in [9.17, 15) is 14.9 Å². The van der Waals surface area contributed by atoms with Crippen LogP contribution in [0.2, 0.25) is 0 Å². The highest BCUT2D eigenvalue weighted by Gasteiger charge is 2.18. The molecule has 0 bridgehead atoms. The molecule has 8 nitrogen and oxygen atoms in total. The molecule has 0 atom stereocenters. The van der Waals surface area contributed by atoms with Crippen molar-refractivity contribution in [1.29, 1.82) is 0 Å². The molecular formula is C15H9N5O3S2. The molecule has 0 saturated heterocycles. The first-order valence-electron chi connectivity index (χ1n) is 7.07. The van der Waals surface area contributed by atoms with Gasteiger partial charge < -0.3 is 0 Å². The minimum absolute atomic E-state index is 0.0582. The Morgan fingerprint density at radius 1 is 1.20 bits per heavy atom. The van der Waals surface area contributed by atoms with Gasteiger partial charge in [0.2, 0.25) is 5.16 Å². The quantitative estimate of drug-likeness (QED) is 0.436. The second kappa shape index (κ2) is 6.15. The van der Waals surface area contributed by atoms with Gasteiger partial charge in [0.1, 0.15) is 6.20 Å². The van der Waals surface area contributed by atoms with Gasteiger partial charge >= 0.3 is 10.7 Å². The first kappa shape index (κ1) is 15.5. The predicted molar refractivity (Wildman–Crippen MR) is 94.6 cm³/mol. The fourth-order valence-electron chi connectivity index (χ4n) is 2.43. The van der Waals surface area contributed by atoms with E-state index in [0.29, 0.717) is 15.2 Å². The van der Waals surface area contributed by atoms with Crippen LogP contribution in [0, 0.1) is 10.1 Å². The summed E-state index contributed by atoms with van der Waals surface area (Å²) >= 11 is 2.04. The molecule has 25 heavy (non-hydrogen) atoms. The third kappa shape index (κ3) is 2.81. The molecule has 2 aromatic carbocycles. The number of benzene rings is 2. The number of aromatic nitrogens is 4. The summed E-state index contributed by atoms with van der Waals surface area (Å²) in [5.74, 6) is 0. The molecule has 2 heterocycles. The van der Waals surface area contributed by atoms with Gasteiger partial charge in [0.15, 0.2) is 4.34 Å². The molecule has 0 aliphatic heterocycles. The monoisotopic (exact) mass is 371 g/mol. The van der Waals surface area contributed by atoms with Crippen molar-refractivity contribution in [2.45, 2.75) is 9.50 Å². The maximum absolute atomic E-state index is 12.3. The van der Waals surface area contributed by atoms with E-state index in [4.69, 9.17) is 0 Å². The van der Waals surface area contributed by atoms with Crippen molar-refractivity contribution in [3.63, 3.8) is 0 Å². The Morgan fingerprint density at radius 3 is 2.80 bits per heavy atom. The summed E-state index contributed by atoms with van der Waals surface area (Å²) in [6.45, 7) is 0. The molecule has 0 unspecified atom stereocenters. The fourth-order valence-corrected chi connectivity index (χ4v) is 4.16. The molecule has 4 rings (SSSR count). The van der Waals surface area contributed by atoms with E-state index in [1.165, 1.54) is 10.8 Å². The van der Waals surface area contributed by atoms with E-state index in [2.05, 4.69) is 15.2 Å². The predicted octanol–water partition coefficient (Wildman–Crippen LogP) is 3.23. The number of hydrogen-bond donors (Lipinski definition) is 1. The molecule has 10 heteroatoms. The normalized spacial score (nSPS) is 11.0. The van der Waals surface area contributed by atoms with Crippen LogP contribution in [0.1, 0.15) is 0 Å². The standard InChI is InChI=1S/C15H9N5O3S2/c21-13-17-18-14(25-15-16-8-12(24-15)20(22)23)19(13)11-7-3-5-9-4-1-2-6-10(9)11/h1-8H,(H,17,21). The Hall–Kier alpha value is -2.98. The van der Waals surface area contributed by atoms with Crippen LogP contribution in [0.15, 0.2) is 63.0 Å². The molecule has 0 aliphatic carbocycles. The third-order valence-corrected chi connectivity index (χ3v) is 5.46. The van der Waals surface area contributed by atoms with Crippen molar-refractivity contribution in [3.8, 4) is 5.69 Å². The summed E-state index contributed by atoms with van der Waals surface area (Å²) in [5.41, 5.74) is 0.301. The number of nitrogens with one attached hydrogen (secondary N) is 1. The van der Waals surface area contributed by atoms with Gasteiger partial charge in [-0.05, 0) is 34.6 Å². The van der Waals surface area contributed by atoms with Gasteiger partial charge in [0.25, 0.3) is 0 Å². The fraction of sp³-hybridized carbons (Fsp3) is 0. The van der Waals surface area contributed by atoms with Crippen molar-refractivity contribution in [3.05, 3.63) is 69.3 Å². The van der Waals surface area contributed by atoms with Crippen LogP contribution in [0.3, 0.4) is 0 Å². The van der Waals surface area contributed by atoms with Crippen LogP contribution < -0.4 is 5.69 Å². The number of H-pyrrole nitrogens is 1. The maximum atomic E-state index is 12.3. The molecule has 0 amide bonds. The number of thiazole rings is 1. The van der Waals surface area contributed by atoms with Crippen molar-refractivity contribution in [2.24, 2.45) is 0 Å². The zero-order chi connectivity index (χ0) is 17.4. The number of aromatic amines is 1. The topological polar surface area (TPSA) is 107 Å². The third-order valence-electron chi connectivity index (χ3n) is 3.48. The molecule has 0 aliphatic rings. The molecule has 2 aromatic heterocycles. The Balaban J connectivity index is 1.82. The van der Waals surface area contributed by atoms with E-state index >= 15 is 0 Å². The van der Waals surface area contributed by atoms with Gasteiger partial charge in [-0.2, -0.15) is 0 Å². The zero-order valence-electron chi connectivity index (χ0n) is 12.4. The Labute approximate surface area is 148 Å². The van der Waals surface area contributed by atoms with Crippen molar-refractivity contribution in [2.75, 3.05) is 0 Å². The van der Waals surface area contributed by atoms with Crippen LogP contribution in [0.25, 0.3) is 16.5 Å². The molecule has 4 aromatic rings. The number of rotatable bonds is 4. The Bertz CT molecular complexity index is 1140. The second-order valence-electron chi connectivity index (χ2n) is 4.97. The largest absolute Gasteiger partial charge is 0.348 e. The average molecular weight is 371 g/mol. The highest BCUT2D eigenvalue weighted by molar-refractivity contribution is 8.00. The number of nitrogens with zero attached hydrogens (tertiary/aromatic N) is 4. The van der Waals surface area contributed by atoms with Crippen molar-refractivity contribution in [1.82, 2.24) is 19.7 Å². The molecule has 0 radical (unpaired) electrons. The zero-order valence-corrected chi connectivity index (χ0v) is 14.1. The molecular weight excluding hydrogens is 362 g/mol. The lowest BCUT2D eigenvalue weighted by Crippen LogP contribution is -2.15. The summed E-state index contributed by atoms with van der Waals surface area (Å²) in [6.07, 6.45) is 1.19. The first-order valence-corrected chi connectivity index (χ1v) is 8.70. The van der Waals surface area contributed by atoms with Gasteiger partial charge in [-0.3, -0.25) is 10.1 Å². The van der Waals surface area contributed by atoms with Crippen LogP contribution in [0.4, 0.5) is 5.00 Å². The van der Waals surface area contributed by atoms with Crippen LogP contribution >= 0.6 is 23.1 Å². The minimum atomic E-state index is -0.496. The van der Waals surface area contributed by atoms with Gasteiger partial charge in [-0.1, -0.05) is 36.4 Å². The van der Waals surface area contributed by atoms with Crippen molar-refractivity contribution < 1.29 is 4.92 Å². The second-order valence-corrected chi connectivity index (χ2v) is 7.19. The van der Waals surface area contributed by atoms with E-state index in [0.717, 1.165) is 33.9 Å². The number of hydrogen-bond acceptors (Lipinski definition) is 7. The highest BCUT2D eigenvalue weighted by atomic mass is 32.2. The molecule has 1 N–H and O–H groups in total. The summed E-state index contributed by atoms with van der Waals surface area (Å²) in [5, 5.41) is 19.5. The molecule has 0 spiro atoms. The van der Waals surface area contributed by atoms with Crippen LogP contribution in [0.5, 0.6) is 0 Å². The molecule has 0 fully saturated rings. The number of nitro groups is 1. The van der Waals surface area contributed by atoms with E-state index in [1.807, 2.05) is 42.5 Å². The number of fused-ring (bicyclic) bond motifs is 1. The lowest BCUT2D eigenvalue weighted by molar-refractivity contribution is -0.380. The average Bonchev–Trinajstić information content (AvgIpc) is 3.22. The maximum Gasteiger partial charge on any atom is 0.348 e. The van der Waals surface area contributed by atoms with Gasteiger partial charge in [-0.15, -0.1) is 5.10 Å². The first-order chi connectivity index (χ1) is 12.1. The summed E-state index contributed by atoms with van der Waals surface area (Å²) in [4.78, 5) is 26.6. The summed E-state index contributed by atoms with van der Waals surface area (Å²) < 4.78 is 1.88. The van der Waals surface area contributed by atoms with Crippen LogP contribution in [-0.2, 0) is 0 Å². The summed E-state index contributed by atoms with van der Waals surface area (Å²) in [7, 11) is 0. The van der Waals surface area contributed by atoms with Gasteiger partial charge in [-0.25, -0.2) is 19.4 Å². The minimum Gasteiger partial charge on any atom is -0.257 e. The van der Waals surface area contributed by atoms with E-state index < -0.39 is 4.92 Å². The molecule has 124 valence electrons. The lowest BCUT2D eigenvalue weighted by Gasteiger charge is -2.08. The van der Waals surface area contributed by atoms with E-state index in [-0.39, 0.29) is 10.7 Å². The smallest absolute Gasteiger partial charge is 0.257 e. The molecule has 0 saturated carbocycles. The SMILES string of the molecule is O=c1[nH]nc(Sc2ncc([N+](=O)[O-])s2)n1-c1cccc2ccccc12. The van der Waals surface area contributed by atoms with Gasteiger partial charge in [0, 0.05) is 5.39 Å². The van der Waals surface area contributed by atoms with E-state index in [1.54, 1.807) is 0 Å². The van der Waals surface area contributed by atoms with Crippen molar-refractivity contribution >= 4 is 38.9 Å². The highest BCUT2D eigenvalue weighted by Crippen LogP contribution is 2.34. The Kier molecular flexibility index (Phi) is 3.82. The lowest BCUT2D eigenvalue weighted by atomic mass is 10.1. The van der Waals surface area contributed by atoms with Gasteiger partial charge in [0.05, 0.1) is 10.6 Å². The van der Waals surface area contributed by atoms with Crippen LogP contribution in [-0.4, -0.2) is 24.7 Å².